The summed E-state index contributed by atoms with van der Waals surface area (Å²) in [5.74, 6) is 0. The number of hydrogen-bond donors (Lipinski definition) is 3. The number of para-hydroxylation sites is 1. The van der Waals surface area contributed by atoms with Crippen LogP contribution in [0, 0.1) is 13.8 Å². The Morgan fingerprint density at radius 1 is 0.875 bits per heavy atom. The Morgan fingerprint density at radius 2 is 1.46 bits per heavy atom. The van der Waals surface area contributed by atoms with Gasteiger partial charge in [0.15, 0.2) is 0 Å². The maximum absolute atomic E-state index is 12.5. The monoisotopic (exact) mass is 342 g/mol. The van der Waals surface area contributed by atoms with Gasteiger partial charge in [0.2, 0.25) is 0 Å². The molecule has 3 aromatic rings. The van der Waals surface area contributed by atoms with Gasteiger partial charge >= 0.3 is 0 Å². The van der Waals surface area contributed by atoms with Gasteiger partial charge in [0.05, 0.1) is 11.4 Å². The SMILES string of the molecule is Cc1n[nH]c(C)c1S(=O)(=O)Nc1ccc(Nc2ccccc2)cc1. The molecule has 0 fully saturated rings. The molecular weight excluding hydrogens is 324 g/mol. The van der Waals surface area contributed by atoms with Gasteiger partial charge in [-0.25, -0.2) is 8.42 Å². The van der Waals surface area contributed by atoms with Crippen LogP contribution in [-0.4, -0.2) is 18.6 Å². The lowest BCUT2D eigenvalue weighted by Gasteiger charge is -2.10. The summed E-state index contributed by atoms with van der Waals surface area (Å²) in [6, 6.07) is 16.8. The Labute approximate surface area is 141 Å². The van der Waals surface area contributed by atoms with Gasteiger partial charge in [-0.2, -0.15) is 5.10 Å². The van der Waals surface area contributed by atoms with Gasteiger partial charge in [-0.05, 0) is 50.2 Å². The van der Waals surface area contributed by atoms with Crippen molar-refractivity contribution in [2.75, 3.05) is 10.0 Å². The zero-order valence-electron chi connectivity index (χ0n) is 13.4. The van der Waals surface area contributed by atoms with E-state index in [1.54, 1.807) is 26.0 Å². The summed E-state index contributed by atoms with van der Waals surface area (Å²) in [5, 5.41) is 9.86. The van der Waals surface area contributed by atoms with Crippen LogP contribution in [0.25, 0.3) is 0 Å². The minimum Gasteiger partial charge on any atom is -0.356 e. The topological polar surface area (TPSA) is 86.9 Å². The van der Waals surface area contributed by atoms with Crippen molar-refractivity contribution in [1.29, 1.82) is 0 Å². The lowest BCUT2D eigenvalue weighted by Crippen LogP contribution is -2.14. The fraction of sp³-hybridized carbons (Fsp3) is 0.118. The van der Waals surface area contributed by atoms with Crippen molar-refractivity contribution in [2.45, 2.75) is 18.7 Å². The van der Waals surface area contributed by atoms with E-state index in [0.717, 1.165) is 11.4 Å². The maximum atomic E-state index is 12.5. The number of anilines is 3. The number of sulfonamides is 1. The third-order valence-corrected chi connectivity index (χ3v) is 5.17. The number of aromatic nitrogens is 2. The van der Waals surface area contributed by atoms with Crippen LogP contribution in [0.5, 0.6) is 0 Å². The van der Waals surface area contributed by atoms with E-state index in [1.165, 1.54) is 0 Å². The van der Waals surface area contributed by atoms with Gasteiger partial charge in [-0.15, -0.1) is 0 Å². The van der Waals surface area contributed by atoms with Gasteiger partial charge in [-0.3, -0.25) is 9.82 Å². The lowest BCUT2D eigenvalue weighted by atomic mass is 10.2. The highest BCUT2D eigenvalue weighted by atomic mass is 32.2. The van der Waals surface area contributed by atoms with E-state index in [9.17, 15) is 8.42 Å². The molecule has 2 aromatic carbocycles. The number of nitrogens with one attached hydrogen (secondary N) is 3. The first-order chi connectivity index (χ1) is 11.5. The molecule has 0 amide bonds. The van der Waals surface area contributed by atoms with Crippen LogP contribution in [0.1, 0.15) is 11.4 Å². The Hall–Kier alpha value is -2.80. The first kappa shape index (κ1) is 16.1. The fourth-order valence-electron chi connectivity index (χ4n) is 2.45. The number of rotatable bonds is 5. The molecule has 7 heteroatoms. The molecule has 0 bridgehead atoms. The van der Waals surface area contributed by atoms with Crippen molar-refractivity contribution in [1.82, 2.24) is 10.2 Å². The third kappa shape index (κ3) is 3.41. The van der Waals surface area contributed by atoms with Crippen molar-refractivity contribution >= 4 is 27.1 Å². The Kier molecular flexibility index (Phi) is 4.26. The summed E-state index contributed by atoms with van der Waals surface area (Å²) in [5.41, 5.74) is 3.30. The molecule has 3 rings (SSSR count). The predicted molar refractivity (Wildman–Crippen MR) is 95.0 cm³/mol. The molecule has 0 spiro atoms. The molecule has 3 N–H and O–H groups in total. The molecule has 0 saturated heterocycles. The second-order valence-corrected chi connectivity index (χ2v) is 7.06. The van der Waals surface area contributed by atoms with Gasteiger partial charge < -0.3 is 5.32 Å². The number of benzene rings is 2. The molecule has 6 nitrogen and oxygen atoms in total. The highest BCUT2D eigenvalue weighted by molar-refractivity contribution is 7.92. The molecule has 124 valence electrons. The summed E-state index contributed by atoms with van der Waals surface area (Å²) in [6.07, 6.45) is 0. The minimum atomic E-state index is -3.67. The second-order valence-electron chi connectivity index (χ2n) is 5.44. The zero-order valence-corrected chi connectivity index (χ0v) is 14.2. The minimum absolute atomic E-state index is 0.189. The standard InChI is InChI=1S/C17H18N4O2S/c1-12-17(13(2)20-19-12)24(22,23)21-16-10-8-15(9-11-16)18-14-6-4-3-5-7-14/h3-11,18,21H,1-2H3,(H,19,20). The van der Waals surface area contributed by atoms with Crippen molar-refractivity contribution in [3.05, 3.63) is 66.0 Å². The van der Waals surface area contributed by atoms with Crippen LogP contribution in [-0.2, 0) is 10.0 Å². The molecule has 1 aromatic heterocycles. The summed E-state index contributed by atoms with van der Waals surface area (Å²) >= 11 is 0. The fourth-order valence-corrected chi connectivity index (χ4v) is 3.88. The highest BCUT2D eigenvalue weighted by Gasteiger charge is 2.22. The number of hydrogen-bond acceptors (Lipinski definition) is 4. The number of H-pyrrole nitrogens is 1. The Balaban J connectivity index is 1.77. The highest BCUT2D eigenvalue weighted by Crippen LogP contribution is 2.23. The van der Waals surface area contributed by atoms with Crippen LogP contribution < -0.4 is 10.0 Å². The number of aromatic amines is 1. The zero-order chi connectivity index (χ0) is 17.2. The van der Waals surface area contributed by atoms with E-state index in [1.807, 2.05) is 42.5 Å². The largest absolute Gasteiger partial charge is 0.356 e. The first-order valence-electron chi connectivity index (χ1n) is 7.42. The lowest BCUT2D eigenvalue weighted by molar-refractivity contribution is 0.600. The molecule has 0 aliphatic carbocycles. The molecule has 0 unspecified atom stereocenters. The van der Waals surface area contributed by atoms with Gasteiger partial charge in [-0.1, -0.05) is 18.2 Å². The van der Waals surface area contributed by atoms with Crippen LogP contribution >= 0.6 is 0 Å². The van der Waals surface area contributed by atoms with E-state index in [2.05, 4.69) is 20.2 Å². The molecule has 0 atom stereocenters. The smallest absolute Gasteiger partial charge is 0.265 e. The van der Waals surface area contributed by atoms with Crippen molar-refractivity contribution in [3.8, 4) is 0 Å². The third-order valence-electron chi connectivity index (χ3n) is 3.53. The molecule has 0 aliphatic heterocycles. The molecule has 0 saturated carbocycles. The van der Waals surface area contributed by atoms with E-state index in [0.29, 0.717) is 17.1 Å². The van der Waals surface area contributed by atoms with Crippen LogP contribution in [0.4, 0.5) is 17.1 Å². The average molecular weight is 342 g/mol. The predicted octanol–water partition coefficient (Wildman–Crippen LogP) is 3.57. The van der Waals surface area contributed by atoms with Crippen LogP contribution in [0.15, 0.2) is 59.5 Å². The summed E-state index contributed by atoms with van der Waals surface area (Å²) in [7, 11) is -3.67. The van der Waals surface area contributed by atoms with Gasteiger partial charge in [0.1, 0.15) is 4.90 Å². The van der Waals surface area contributed by atoms with E-state index in [4.69, 9.17) is 0 Å². The van der Waals surface area contributed by atoms with E-state index >= 15 is 0 Å². The first-order valence-corrected chi connectivity index (χ1v) is 8.90. The van der Waals surface area contributed by atoms with Gasteiger partial charge in [0, 0.05) is 17.1 Å². The molecule has 24 heavy (non-hydrogen) atoms. The van der Waals surface area contributed by atoms with Crippen molar-refractivity contribution in [3.63, 3.8) is 0 Å². The molecule has 0 aliphatic rings. The van der Waals surface area contributed by atoms with Crippen molar-refractivity contribution < 1.29 is 8.42 Å². The maximum Gasteiger partial charge on any atom is 0.265 e. The second kappa shape index (κ2) is 6.37. The quantitative estimate of drug-likeness (QED) is 0.661. The molecule has 1 heterocycles. The van der Waals surface area contributed by atoms with Crippen LogP contribution in [0.3, 0.4) is 0 Å². The Bertz CT molecular complexity index is 913. The van der Waals surface area contributed by atoms with E-state index < -0.39 is 10.0 Å². The van der Waals surface area contributed by atoms with Gasteiger partial charge in [0.25, 0.3) is 10.0 Å². The Morgan fingerprint density at radius 3 is 2.04 bits per heavy atom. The summed E-state index contributed by atoms with van der Waals surface area (Å²) in [6.45, 7) is 3.34. The summed E-state index contributed by atoms with van der Waals surface area (Å²) in [4.78, 5) is 0.189. The summed E-state index contributed by atoms with van der Waals surface area (Å²) < 4.78 is 27.6. The molecular formula is C17H18N4O2S. The van der Waals surface area contributed by atoms with E-state index in [-0.39, 0.29) is 4.90 Å². The molecule has 0 radical (unpaired) electrons. The van der Waals surface area contributed by atoms with Crippen molar-refractivity contribution in [2.24, 2.45) is 0 Å². The van der Waals surface area contributed by atoms with Crippen LogP contribution in [0.2, 0.25) is 0 Å². The average Bonchev–Trinajstić information content (AvgIpc) is 2.90. The number of nitrogens with zero attached hydrogens (tertiary/aromatic N) is 1. The number of aryl methyl sites for hydroxylation is 2. The normalized spacial score (nSPS) is 11.2.